The molecule has 8 heteroatoms. The molecule has 0 heterocycles. The summed E-state index contributed by atoms with van der Waals surface area (Å²) in [5, 5.41) is 16.9. The fraction of sp³-hybridized carbons (Fsp3) is 0.381. The third kappa shape index (κ3) is 14.8. The van der Waals surface area contributed by atoms with Crippen LogP contribution in [-0.2, 0) is 29.3 Å². The van der Waals surface area contributed by atoms with E-state index in [0.717, 1.165) is 55.5 Å². The predicted molar refractivity (Wildman–Crippen MR) is 200 cm³/mol. The largest absolute Gasteiger partial charge is 0.487 e. The summed E-state index contributed by atoms with van der Waals surface area (Å²) in [6.07, 6.45) is 9.86. The van der Waals surface area contributed by atoms with Gasteiger partial charge >= 0.3 is 6.09 Å². The number of nitrogens with zero attached hydrogens (tertiary/aromatic N) is 1. The Bertz CT molecular complexity index is 1500. The number of aliphatic hydroxyl groups excluding tert-OH is 1. The van der Waals surface area contributed by atoms with Gasteiger partial charge in [0.25, 0.3) is 0 Å². The van der Waals surface area contributed by atoms with Gasteiger partial charge in [-0.3, -0.25) is 9.69 Å². The van der Waals surface area contributed by atoms with Crippen molar-refractivity contribution in [2.45, 2.75) is 83.6 Å². The molecular formula is C42H53N3O5. The van der Waals surface area contributed by atoms with Crippen LogP contribution in [0.5, 0.6) is 5.75 Å². The van der Waals surface area contributed by atoms with Crippen LogP contribution >= 0.6 is 0 Å². The van der Waals surface area contributed by atoms with Gasteiger partial charge in [-0.15, -0.1) is 0 Å². The maximum Gasteiger partial charge on any atom is 0.407 e. The molecule has 0 spiro atoms. The van der Waals surface area contributed by atoms with Crippen LogP contribution < -0.4 is 15.4 Å². The third-order valence-electron chi connectivity index (χ3n) is 8.65. The second-order valence-electron chi connectivity index (χ2n) is 12.7. The Hall–Kier alpha value is -4.66. The van der Waals surface area contributed by atoms with Crippen LogP contribution in [0.25, 0.3) is 0 Å². The molecule has 4 aromatic rings. The van der Waals surface area contributed by atoms with Gasteiger partial charge in [0, 0.05) is 19.6 Å². The highest BCUT2D eigenvalue weighted by Crippen LogP contribution is 2.29. The van der Waals surface area contributed by atoms with Crippen molar-refractivity contribution in [2.75, 3.05) is 25.0 Å². The Morgan fingerprint density at radius 3 is 1.88 bits per heavy atom. The average Bonchev–Trinajstić information content (AvgIpc) is 3.15. The first kappa shape index (κ1) is 38.1. The summed E-state index contributed by atoms with van der Waals surface area (Å²) in [5.41, 5.74) is 4.51. The average molecular weight is 680 g/mol. The van der Waals surface area contributed by atoms with Crippen LogP contribution in [0.2, 0.25) is 0 Å². The minimum absolute atomic E-state index is 0.294. The van der Waals surface area contributed by atoms with Crippen molar-refractivity contribution < 1.29 is 24.2 Å². The molecule has 0 aliphatic rings. The van der Waals surface area contributed by atoms with E-state index < -0.39 is 6.10 Å². The highest BCUT2D eigenvalue weighted by molar-refractivity contribution is 5.76. The number of anilines is 1. The van der Waals surface area contributed by atoms with E-state index in [4.69, 9.17) is 9.47 Å². The highest BCUT2D eigenvalue weighted by Gasteiger charge is 2.17. The van der Waals surface area contributed by atoms with E-state index in [-0.39, 0.29) is 6.09 Å². The normalized spacial score (nSPS) is 11.6. The molecule has 0 fully saturated rings. The number of hydrogen-bond acceptors (Lipinski definition) is 6. The molecule has 0 unspecified atom stereocenters. The molecule has 0 radical (unpaired) electrons. The minimum atomic E-state index is -0.718. The number of hydrogen-bond donors (Lipinski definition) is 3. The molecule has 0 aliphatic carbocycles. The quantitative estimate of drug-likeness (QED) is 0.0506. The summed E-state index contributed by atoms with van der Waals surface area (Å²) in [5.74, 6) is 0.562. The molecule has 0 aliphatic heterocycles. The maximum atomic E-state index is 11.9. The summed E-state index contributed by atoms with van der Waals surface area (Å²) in [4.78, 5) is 25.5. The van der Waals surface area contributed by atoms with Gasteiger partial charge in [0.15, 0.2) is 0 Å². The predicted octanol–water partition coefficient (Wildman–Crippen LogP) is 8.81. The number of rotatable bonds is 24. The molecule has 4 rings (SSSR count). The lowest BCUT2D eigenvalue weighted by Crippen LogP contribution is -2.29. The van der Waals surface area contributed by atoms with Gasteiger partial charge in [-0.25, -0.2) is 4.79 Å². The number of unbranched alkanes of at least 4 members (excludes halogenated alkanes) is 8. The number of amides is 2. The maximum absolute atomic E-state index is 11.9. The van der Waals surface area contributed by atoms with E-state index in [1.807, 2.05) is 91.0 Å². The second-order valence-corrected chi connectivity index (χ2v) is 12.7. The number of carbonyl (C=O) groups is 2. The molecule has 50 heavy (non-hydrogen) atoms. The van der Waals surface area contributed by atoms with Crippen molar-refractivity contribution in [3.8, 4) is 5.75 Å². The molecule has 0 aromatic heterocycles. The molecule has 0 saturated heterocycles. The fourth-order valence-electron chi connectivity index (χ4n) is 5.88. The molecule has 4 aromatic carbocycles. The second kappa shape index (κ2) is 22.9. The number of nitrogens with one attached hydrogen (secondary N) is 2. The number of carbonyl (C=O) groups excluding carboxylic acids is 2. The Morgan fingerprint density at radius 2 is 1.26 bits per heavy atom. The van der Waals surface area contributed by atoms with Crippen LogP contribution in [-0.4, -0.2) is 42.1 Å². The summed E-state index contributed by atoms with van der Waals surface area (Å²) < 4.78 is 11.2. The molecule has 0 saturated carbocycles. The van der Waals surface area contributed by atoms with Crippen molar-refractivity contribution >= 4 is 18.2 Å². The summed E-state index contributed by atoms with van der Waals surface area (Å²) in [6, 6.07) is 35.4. The number of aliphatic hydroxyl groups is 1. The van der Waals surface area contributed by atoms with Crippen molar-refractivity contribution in [3.63, 3.8) is 0 Å². The number of benzene rings is 4. The topological polar surface area (TPSA) is 100 Å². The van der Waals surface area contributed by atoms with Crippen LogP contribution in [0.3, 0.4) is 0 Å². The molecular weight excluding hydrogens is 626 g/mol. The Balaban J connectivity index is 1.13. The van der Waals surface area contributed by atoms with Gasteiger partial charge in [0.2, 0.25) is 6.41 Å². The first-order chi connectivity index (χ1) is 24.6. The van der Waals surface area contributed by atoms with Gasteiger partial charge in [0.1, 0.15) is 19.0 Å². The van der Waals surface area contributed by atoms with Gasteiger partial charge in [0.05, 0.1) is 11.8 Å². The standard InChI is InChI=1S/C42H53N3O5/c46-34-44-39-29-38(25-26-41(39)49-32-36-21-13-9-14-22-36)40(47)31-45(30-35-19-11-8-12-20-35)28-18-7-5-3-1-2-4-6-17-27-43-42(48)50-33-37-23-15-10-16-24-37/h8-16,19-26,29,34,40,47H,1-7,17-18,27-28,30-33H2,(H,43,48)(H,44,46)/t40-/m0/s1. The molecule has 8 nitrogen and oxygen atoms in total. The van der Waals surface area contributed by atoms with Crippen LogP contribution in [0, 0.1) is 0 Å². The van der Waals surface area contributed by atoms with Crippen molar-refractivity contribution in [1.29, 1.82) is 0 Å². The number of ether oxygens (including phenoxy) is 2. The van der Waals surface area contributed by atoms with Crippen LogP contribution in [0.15, 0.2) is 109 Å². The summed E-state index contributed by atoms with van der Waals surface area (Å²) >= 11 is 0. The third-order valence-corrected chi connectivity index (χ3v) is 8.65. The minimum Gasteiger partial charge on any atom is -0.487 e. The Kier molecular flexibility index (Phi) is 17.5. The van der Waals surface area contributed by atoms with E-state index in [9.17, 15) is 14.7 Å². The Labute approximate surface area is 297 Å². The summed E-state index contributed by atoms with van der Waals surface area (Å²) in [7, 11) is 0. The van der Waals surface area contributed by atoms with Gasteiger partial charge < -0.3 is 25.2 Å². The van der Waals surface area contributed by atoms with Gasteiger partial charge in [-0.1, -0.05) is 142 Å². The SMILES string of the molecule is O=CNc1cc([C@@H](O)CN(CCCCCCCCCCCNC(=O)OCc2ccccc2)Cc2ccccc2)ccc1OCc1ccccc1. The van der Waals surface area contributed by atoms with Crippen molar-refractivity contribution in [3.05, 3.63) is 131 Å². The van der Waals surface area contributed by atoms with E-state index >= 15 is 0 Å². The zero-order valence-corrected chi connectivity index (χ0v) is 29.2. The first-order valence-electron chi connectivity index (χ1n) is 18.0. The lowest BCUT2D eigenvalue weighted by atomic mass is 10.1. The highest BCUT2D eigenvalue weighted by atomic mass is 16.5. The van der Waals surface area contributed by atoms with Crippen molar-refractivity contribution in [2.24, 2.45) is 0 Å². The monoisotopic (exact) mass is 679 g/mol. The van der Waals surface area contributed by atoms with E-state index in [0.29, 0.717) is 44.2 Å². The first-order valence-corrected chi connectivity index (χ1v) is 18.0. The van der Waals surface area contributed by atoms with Gasteiger partial charge in [-0.2, -0.15) is 0 Å². The molecule has 0 bridgehead atoms. The van der Waals surface area contributed by atoms with Crippen molar-refractivity contribution in [1.82, 2.24) is 10.2 Å². The smallest absolute Gasteiger partial charge is 0.407 e. The zero-order chi connectivity index (χ0) is 35.1. The van der Waals surface area contributed by atoms with Crippen LogP contribution in [0.4, 0.5) is 10.5 Å². The van der Waals surface area contributed by atoms with E-state index in [1.165, 1.54) is 37.7 Å². The molecule has 266 valence electrons. The molecule has 3 N–H and O–H groups in total. The zero-order valence-electron chi connectivity index (χ0n) is 29.2. The fourth-order valence-corrected chi connectivity index (χ4v) is 5.88. The Morgan fingerprint density at radius 1 is 0.700 bits per heavy atom. The van der Waals surface area contributed by atoms with E-state index in [1.54, 1.807) is 6.07 Å². The van der Waals surface area contributed by atoms with Crippen LogP contribution in [0.1, 0.15) is 86.1 Å². The molecule has 1 atom stereocenters. The lowest BCUT2D eigenvalue weighted by molar-refractivity contribution is -0.105. The lowest BCUT2D eigenvalue weighted by Gasteiger charge is -2.26. The van der Waals surface area contributed by atoms with E-state index in [2.05, 4.69) is 27.7 Å². The summed E-state index contributed by atoms with van der Waals surface area (Å²) in [6.45, 7) is 3.46. The van der Waals surface area contributed by atoms with Gasteiger partial charge in [-0.05, 0) is 53.8 Å². The molecule has 2 amide bonds. The number of alkyl carbamates (subject to hydrolysis) is 1.